The van der Waals surface area contributed by atoms with Crippen molar-refractivity contribution in [3.05, 3.63) is 59.3 Å². The van der Waals surface area contributed by atoms with Crippen LogP contribution in [0.25, 0.3) is 22.6 Å². The van der Waals surface area contributed by atoms with Gasteiger partial charge in [0.15, 0.2) is 0 Å². The number of nitrogens with two attached hydrogens (primary N) is 1. The number of primary amides is 1. The van der Waals surface area contributed by atoms with Crippen LogP contribution in [0, 0.1) is 0 Å². The minimum atomic E-state index is -0.910. The SMILES string of the molecule is Cn1cc(-c2ccc3c(c2)CN(C(CCC(=O)OC(C)(C)C)C(N)=O)C3=O)nc1-c1cccc2c1OCC2. The number of carbonyl (C=O) groups excluding carboxylic acids is 3. The Kier molecular flexibility index (Phi) is 6.46. The molecular formula is C29H32N4O5. The topological polar surface area (TPSA) is 117 Å². The molecule has 0 saturated carbocycles. The van der Waals surface area contributed by atoms with Gasteiger partial charge in [0.25, 0.3) is 5.91 Å². The molecule has 0 saturated heterocycles. The molecule has 198 valence electrons. The highest BCUT2D eigenvalue weighted by Crippen LogP contribution is 2.37. The van der Waals surface area contributed by atoms with Gasteiger partial charge in [-0.1, -0.05) is 18.2 Å². The number of amides is 2. The first-order valence-electron chi connectivity index (χ1n) is 12.8. The molecule has 0 spiro atoms. The van der Waals surface area contributed by atoms with E-state index in [1.807, 2.05) is 42.1 Å². The van der Waals surface area contributed by atoms with Crippen LogP contribution in [0.5, 0.6) is 5.75 Å². The highest BCUT2D eigenvalue weighted by atomic mass is 16.6. The van der Waals surface area contributed by atoms with Crippen LogP contribution in [0.3, 0.4) is 0 Å². The van der Waals surface area contributed by atoms with Crippen LogP contribution in [-0.4, -0.2) is 50.5 Å². The van der Waals surface area contributed by atoms with Crippen molar-refractivity contribution in [2.24, 2.45) is 12.8 Å². The Morgan fingerprint density at radius 1 is 1.16 bits per heavy atom. The quantitative estimate of drug-likeness (QED) is 0.480. The van der Waals surface area contributed by atoms with E-state index in [1.165, 1.54) is 10.5 Å². The number of rotatable bonds is 7. The summed E-state index contributed by atoms with van der Waals surface area (Å²) < 4.78 is 13.2. The normalized spacial score (nSPS) is 15.2. The van der Waals surface area contributed by atoms with E-state index in [0.717, 1.165) is 40.4 Å². The van der Waals surface area contributed by atoms with Crippen molar-refractivity contribution >= 4 is 17.8 Å². The minimum Gasteiger partial charge on any atom is -0.492 e. The Morgan fingerprint density at radius 3 is 2.68 bits per heavy atom. The Bertz CT molecular complexity index is 1440. The van der Waals surface area contributed by atoms with Crippen molar-refractivity contribution in [2.45, 2.75) is 58.2 Å². The fourth-order valence-electron chi connectivity index (χ4n) is 5.10. The summed E-state index contributed by atoms with van der Waals surface area (Å²) in [5.74, 6) is 0.315. The first-order chi connectivity index (χ1) is 18.0. The molecule has 0 bridgehead atoms. The molecule has 0 fully saturated rings. The molecule has 2 N–H and O–H groups in total. The standard InChI is InChI=1S/C29H32N4O5/c1-29(2,3)38-24(34)11-10-23(26(30)35)33-15-19-14-18(8-9-20(19)28(33)36)22-16-32(4)27(31-22)21-7-5-6-17-12-13-37-25(17)21/h5-9,14,16,23H,10-13,15H2,1-4H3,(H2,30,35). The van der Waals surface area contributed by atoms with Crippen LogP contribution < -0.4 is 10.5 Å². The molecule has 2 aliphatic rings. The highest BCUT2D eigenvalue weighted by molar-refractivity contribution is 6.01. The lowest BCUT2D eigenvalue weighted by Gasteiger charge is -2.25. The van der Waals surface area contributed by atoms with Crippen molar-refractivity contribution in [1.82, 2.24) is 14.5 Å². The highest BCUT2D eigenvalue weighted by Gasteiger charge is 2.36. The molecule has 1 atom stereocenters. The van der Waals surface area contributed by atoms with E-state index in [-0.39, 0.29) is 25.3 Å². The minimum absolute atomic E-state index is 0.0140. The third kappa shape index (κ3) is 4.88. The van der Waals surface area contributed by atoms with Gasteiger partial charge in [-0.15, -0.1) is 0 Å². The molecule has 9 heteroatoms. The number of imidazole rings is 1. The summed E-state index contributed by atoms with van der Waals surface area (Å²) in [5.41, 5.74) is 10.1. The van der Waals surface area contributed by atoms with Gasteiger partial charge >= 0.3 is 5.97 Å². The molecule has 3 heterocycles. The lowest BCUT2D eigenvalue weighted by atomic mass is 10.0. The third-order valence-corrected chi connectivity index (χ3v) is 6.81. The molecule has 2 aliphatic heterocycles. The van der Waals surface area contributed by atoms with E-state index < -0.39 is 23.5 Å². The Hall–Kier alpha value is -4.14. The van der Waals surface area contributed by atoms with Crippen molar-refractivity contribution in [3.8, 4) is 28.4 Å². The van der Waals surface area contributed by atoms with E-state index >= 15 is 0 Å². The zero-order chi connectivity index (χ0) is 27.2. The molecule has 0 aliphatic carbocycles. The van der Waals surface area contributed by atoms with Gasteiger partial charge in [0.1, 0.15) is 23.2 Å². The summed E-state index contributed by atoms with van der Waals surface area (Å²) in [6, 6.07) is 10.7. The Morgan fingerprint density at radius 2 is 1.95 bits per heavy atom. The number of fused-ring (bicyclic) bond motifs is 2. The van der Waals surface area contributed by atoms with Gasteiger partial charge in [0.2, 0.25) is 5.91 Å². The fourth-order valence-corrected chi connectivity index (χ4v) is 5.10. The van der Waals surface area contributed by atoms with Crippen molar-refractivity contribution in [3.63, 3.8) is 0 Å². The monoisotopic (exact) mass is 516 g/mol. The molecule has 1 aromatic heterocycles. The maximum Gasteiger partial charge on any atom is 0.306 e. The van der Waals surface area contributed by atoms with Crippen LogP contribution >= 0.6 is 0 Å². The van der Waals surface area contributed by atoms with Gasteiger partial charge < -0.3 is 24.7 Å². The second-order valence-electron chi connectivity index (χ2n) is 10.8. The summed E-state index contributed by atoms with van der Waals surface area (Å²) in [5, 5.41) is 0. The summed E-state index contributed by atoms with van der Waals surface area (Å²) >= 11 is 0. The molecule has 9 nitrogen and oxygen atoms in total. The van der Waals surface area contributed by atoms with E-state index in [4.69, 9.17) is 20.2 Å². The van der Waals surface area contributed by atoms with Crippen LogP contribution in [0.2, 0.25) is 0 Å². The maximum atomic E-state index is 13.2. The molecule has 5 rings (SSSR count). The summed E-state index contributed by atoms with van der Waals surface area (Å²) in [7, 11) is 1.95. The molecular weight excluding hydrogens is 484 g/mol. The number of hydrogen-bond donors (Lipinski definition) is 1. The first-order valence-corrected chi connectivity index (χ1v) is 12.8. The summed E-state index contributed by atoms with van der Waals surface area (Å²) in [6.07, 6.45) is 2.93. The third-order valence-electron chi connectivity index (χ3n) is 6.81. The molecule has 0 radical (unpaired) electrons. The maximum absolute atomic E-state index is 13.2. The summed E-state index contributed by atoms with van der Waals surface area (Å²) in [4.78, 5) is 44.0. The number of benzene rings is 2. The smallest absolute Gasteiger partial charge is 0.306 e. The van der Waals surface area contributed by atoms with Gasteiger partial charge in [-0.2, -0.15) is 0 Å². The Balaban J connectivity index is 1.37. The van der Waals surface area contributed by atoms with Crippen LogP contribution in [0.15, 0.2) is 42.6 Å². The number of hydrogen-bond acceptors (Lipinski definition) is 6. The van der Waals surface area contributed by atoms with Crippen LogP contribution in [0.1, 0.15) is 55.1 Å². The van der Waals surface area contributed by atoms with E-state index in [9.17, 15) is 14.4 Å². The zero-order valence-corrected chi connectivity index (χ0v) is 22.1. The largest absolute Gasteiger partial charge is 0.492 e. The number of carbonyl (C=O) groups is 3. The van der Waals surface area contributed by atoms with Gasteiger partial charge in [-0.05, 0) is 56.5 Å². The van der Waals surface area contributed by atoms with Gasteiger partial charge in [0.05, 0.1) is 17.9 Å². The van der Waals surface area contributed by atoms with Gasteiger partial charge in [-0.25, -0.2) is 4.98 Å². The second kappa shape index (κ2) is 9.63. The number of esters is 1. The van der Waals surface area contributed by atoms with Gasteiger partial charge in [-0.3, -0.25) is 14.4 Å². The molecule has 3 aromatic rings. The van der Waals surface area contributed by atoms with E-state index in [1.54, 1.807) is 26.8 Å². The summed E-state index contributed by atoms with van der Waals surface area (Å²) in [6.45, 7) is 6.23. The number of ether oxygens (including phenoxy) is 2. The molecule has 38 heavy (non-hydrogen) atoms. The predicted octanol–water partition coefficient (Wildman–Crippen LogP) is 3.62. The lowest BCUT2D eigenvalue weighted by molar-refractivity contribution is -0.155. The number of aryl methyl sites for hydroxylation is 1. The van der Waals surface area contributed by atoms with Crippen molar-refractivity contribution in [2.75, 3.05) is 6.61 Å². The lowest BCUT2D eigenvalue weighted by Crippen LogP contribution is -2.45. The predicted molar refractivity (Wildman–Crippen MR) is 141 cm³/mol. The number of para-hydroxylation sites is 1. The first kappa shape index (κ1) is 25.5. The van der Waals surface area contributed by atoms with E-state index in [2.05, 4.69) is 6.07 Å². The Labute approximate surface area is 221 Å². The van der Waals surface area contributed by atoms with Crippen LogP contribution in [0.4, 0.5) is 0 Å². The second-order valence-corrected chi connectivity index (χ2v) is 10.8. The fraction of sp³-hybridized carbons (Fsp3) is 0.379. The van der Waals surface area contributed by atoms with Crippen LogP contribution in [-0.2, 0) is 34.3 Å². The van der Waals surface area contributed by atoms with Crippen molar-refractivity contribution in [1.29, 1.82) is 0 Å². The molecule has 2 amide bonds. The number of nitrogens with zero attached hydrogens (tertiary/aromatic N) is 3. The average molecular weight is 517 g/mol. The van der Waals surface area contributed by atoms with Gasteiger partial charge in [0, 0.05) is 43.8 Å². The average Bonchev–Trinajstić information content (AvgIpc) is 3.55. The van der Waals surface area contributed by atoms with E-state index in [0.29, 0.717) is 12.2 Å². The number of aromatic nitrogens is 2. The molecule has 1 unspecified atom stereocenters. The molecule has 2 aromatic carbocycles. The zero-order valence-electron chi connectivity index (χ0n) is 22.1. The van der Waals surface area contributed by atoms with Crippen molar-refractivity contribution < 1.29 is 23.9 Å².